The van der Waals surface area contributed by atoms with Gasteiger partial charge < -0.3 is 30.9 Å². The molecule has 2 aromatic heterocycles. The van der Waals surface area contributed by atoms with Crippen molar-refractivity contribution in [1.82, 2.24) is 19.6 Å². The summed E-state index contributed by atoms with van der Waals surface area (Å²) in [6.45, 7) is 2.69. The number of aromatic nitrogens is 3. The molecule has 1 unspecified atom stereocenters. The van der Waals surface area contributed by atoms with Crippen molar-refractivity contribution in [2.75, 3.05) is 11.5 Å². The first-order valence-corrected chi connectivity index (χ1v) is 12.5. The highest BCUT2D eigenvalue weighted by molar-refractivity contribution is 8.00. The first-order valence-electron chi connectivity index (χ1n) is 10.7. The molecule has 0 bridgehead atoms. The summed E-state index contributed by atoms with van der Waals surface area (Å²) < 4.78 is 5.68. The van der Waals surface area contributed by atoms with E-state index in [1.54, 1.807) is 29.1 Å². The quantitative estimate of drug-likeness (QED) is 0.137. The Morgan fingerprint density at radius 3 is 2.65 bits per heavy atom. The lowest BCUT2D eigenvalue weighted by Gasteiger charge is -2.50. The predicted molar refractivity (Wildman–Crippen MR) is 127 cm³/mol. The van der Waals surface area contributed by atoms with Crippen molar-refractivity contribution in [2.24, 2.45) is 5.16 Å². The number of carbonyl (C=O) groups is 4. The SMILES string of the molecule is CC(C)(O/N=C(\C(=O)NC1C(=O)N2C(C(=O)[O-])=C(C[n+]3ccccc3)CS[C@H]12)c1nsc(N)n1)C(=O)O. The van der Waals surface area contributed by atoms with E-state index in [0.717, 1.165) is 16.4 Å². The number of thioether (sulfide) groups is 1. The molecule has 2 aromatic rings. The van der Waals surface area contributed by atoms with Gasteiger partial charge in [-0.1, -0.05) is 11.2 Å². The molecule has 37 heavy (non-hydrogen) atoms. The highest BCUT2D eigenvalue weighted by Gasteiger charge is 2.53. The Morgan fingerprint density at radius 2 is 2.05 bits per heavy atom. The zero-order valence-electron chi connectivity index (χ0n) is 19.5. The lowest BCUT2D eigenvalue weighted by Crippen LogP contribution is -2.71. The van der Waals surface area contributed by atoms with Crippen LogP contribution in [0.15, 0.2) is 47.0 Å². The van der Waals surface area contributed by atoms with Crippen LogP contribution < -0.4 is 20.7 Å². The van der Waals surface area contributed by atoms with Gasteiger partial charge in [-0.3, -0.25) is 14.5 Å². The second-order valence-electron chi connectivity index (χ2n) is 8.45. The number of hydrogen-bond acceptors (Lipinski definition) is 12. The summed E-state index contributed by atoms with van der Waals surface area (Å²) in [6, 6.07) is 4.32. The van der Waals surface area contributed by atoms with E-state index in [2.05, 4.69) is 19.8 Å². The Balaban J connectivity index is 1.55. The van der Waals surface area contributed by atoms with Gasteiger partial charge in [-0.25, -0.2) is 9.36 Å². The number of hydrogen-bond donors (Lipinski definition) is 3. The van der Waals surface area contributed by atoms with Gasteiger partial charge in [-0.05, 0) is 13.8 Å². The summed E-state index contributed by atoms with van der Waals surface area (Å²) in [5, 5.41) is 26.7. The van der Waals surface area contributed by atoms with E-state index in [4.69, 9.17) is 10.6 Å². The molecular formula is C21H21N7O7S2. The van der Waals surface area contributed by atoms with Gasteiger partial charge in [0.15, 0.2) is 24.1 Å². The maximum atomic E-state index is 13.1. The number of rotatable bonds is 9. The maximum Gasteiger partial charge on any atom is 0.350 e. The van der Waals surface area contributed by atoms with E-state index in [1.807, 2.05) is 6.07 Å². The highest BCUT2D eigenvalue weighted by Crippen LogP contribution is 2.40. The van der Waals surface area contributed by atoms with Gasteiger partial charge >= 0.3 is 5.97 Å². The molecule has 1 fully saturated rings. The van der Waals surface area contributed by atoms with Crippen LogP contribution in [-0.4, -0.2) is 71.6 Å². The second kappa shape index (κ2) is 10.1. The number of nitrogens with two attached hydrogens (primary N) is 1. The number of carboxylic acid groups (broad SMARTS) is 2. The van der Waals surface area contributed by atoms with E-state index >= 15 is 0 Å². The third kappa shape index (κ3) is 5.24. The molecule has 2 aliphatic heterocycles. The van der Waals surface area contributed by atoms with Crippen LogP contribution >= 0.6 is 23.3 Å². The van der Waals surface area contributed by atoms with Gasteiger partial charge in [0.1, 0.15) is 11.4 Å². The Bertz CT molecular complexity index is 1330. The van der Waals surface area contributed by atoms with Crippen LogP contribution in [0.3, 0.4) is 0 Å². The molecule has 0 spiro atoms. The van der Waals surface area contributed by atoms with Crippen LogP contribution in [-0.2, 0) is 30.6 Å². The first kappa shape index (κ1) is 26.0. The number of carboxylic acids is 2. The number of carbonyl (C=O) groups excluding carboxylic acids is 3. The van der Waals surface area contributed by atoms with Crippen molar-refractivity contribution >= 4 is 57.9 Å². The van der Waals surface area contributed by atoms with Gasteiger partial charge in [0.25, 0.3) is 11.8 Å². The van der Waals surface area contributed by atoms with Crippen molar-refractivity contribution in [3.63, 3.8) is 0 Å². The van der Waals surface area contributed by atoms with Crippen LogP contribution in [0.2, 0.25) is 0 Å². The molecule has 0 radical (unpaired) electrons. The minimum atomic E-state index is -1.78. The third-order valence-electron chi connectivity index (χ3n) is 5.43. The van der Waals surface area contributed by atoms with Crippen molar-refractivity contribution in [3.05, 3.63) is 47.7 Å². The van der Waals surface area contributed by atoms with E-state index in [9.17, 15) is 29.4 Å². The molecule has 2 amide bonds. The number of nitrogens with zero attached hydrogens (tertiary/aromatic N) is 5. The number of β-lactam (4-membered cyclic amide) rings is 1. The fourth-order valence-electron chi connectivity index (χ4n) is 3.48. The zero-order valence-corrected chi connectivity index (χ0v) is 21.1. The molecule has 14 nitrogen and oxygen atoms in total. The van der Waals surface area contributed by atoms with Crippen molar-refractivity contribution < 1.29 is 38.8 Å². The van der Waals surface area contributed by atoms with E-state index < -0.39 is 46.5 Å². The highest BCUT2D eigenvalue weighted by atomic mass is 32.2. The number of pyridine rings is 1. The normalized spacial score (nSPS) is 19.7. The maximum absolute atomic E-state index is 13.1. The van der Waals surface area contributed by atoms with Crippen LogP contribution in [0, 0.1) is 0 Å². The number of amides is 2. The number of anilines is 1. The average molecular weight is 548 g/mol. The van der Waals surface area contributed by atoms with Crippen LogP contribution in [0.5, 0.6) is 0 Å². The third-order valence-corrected chi connectivity index (χ3v) is 7.31. The van der Waals surface area contributed by atoms with Crippen LogP contribution in [0.25, 0.3) is 0 Å². The minimum Gasteiger partial charge on any atom is -0.543 e. The van der Waals surface area contributed by atoms with Crippen molar-refractivity contribution in [1.29, 1.82) is 0 Å². The molecule has 4 N–H and O–H groups in total. The summed E-state index contributed by atoms with van der Waals surface area (Å²) in [7, 11) is 0. The summed E-state index contributed by atoms with van der Waals surface area (Å²) in [6.07, 6.45) is 3.54. The fourth-order valence-corrected chi connectivity index (χ4v) is 5.25. The van der Waals surface area contributed by atoms with Crippen LogP contribution in [0.4, 0.5) is 5.13 Å². The number of nitrogen functional groups attached to an aromatic ring is 1. The Kier molecular flexibility index (Phi) is 7.13. The number of aliphatic carboxylic acids is 2. The number of oxime groups is 1. The largest absolute Gasteiger partial charge is 0.543 e. The lowest BCUT2D eigenvalue weighted by atomic mass is 10.0. The molecule has 2 atom stereocenters. The molecule has 4 heterocycles. The standard InChI is InChI=1S/C21H21N7O7S2/c1-21(2,19(33)34)35-25-11(14-24-20(22)37-26-14)15(29)23-12-16(30)28-13(18(31)32)10(9-36-17(12)28)8-27-6-4-3-5-7-27/h3-7,12,17H,8-9H2,1-2H3,(H4-,22,23,24,26,29,31,32,33,34)/b25-11-/t12?,17-/m1/s1. The molecule has 1 saturated heterocycles. The Morgan fingerprint density at radius 1 is 1.35 bits per heavy atom. The number of nitrogens with one attached hydrogen (secondary N) is 1. The molecule has 16 heteroatoms. The van der Waals surface area contributed by atoms with Crippen LogP contribution in [0.1, 0.15) is 19.7 Å². The summed E-state index contributed by atoms with van der Waals surface area (Å²) in [5.41, 5.74) is 3.58. The van der Waals surface area contributed by atoms with Gasteiger partial charge in [-0.15, -0.1) is 11.8 Å². The lowest BCUT2D eigenvalue weighted by molar-refractivity contribution is -0.689. The van der Waals surface area contributed by atoms with Gasteiger partial charge in [0, 0.05) is 35.0 Å². The molecular weight excluding hydrogens is 526 g/mol. The fraction of sp³-hybridized carbons (Fsp3) is 0.333. The van der Waals surface area contributed by atoms with Gasteiger partial charge in [0.2, 0.25) is 17.1 Å². The topological polar surface area (TPSA) is 204 Å². The van der Waals surface area contributed by atoms with E-state index in [0.29, 0.717) is 5.57 Å². The molecule has 0 aromatic carbocycles. The second-order valence-corrected chi connectivity index (χ2v) is 10.3. The predicted octanol–water partition coefficient (Wildman–Crippen LogP) is -1.90. The average Bonchev–Trinajstić information content (AvgIpc) is 3.28. The smallest absolute Gasteiger partial charge is 0.350 e. The molecule has 4 rings (SSSR count). The molecule has 194 valence electrons. The Labute approximate surface area is 218 Å². The summed E-state index contributed by atoms with van der Waals surface area (Å²) in [5.74, 6) is -4.36. The Hall–Kier alpha value is -4.05. The van der Waals surface area contributed by atoms with E-state index in [1.165, 1.54) is 25.6 Å². The summed E-state index contributed by atoms with van der Waals surface area (Å²) >= 11 is 2.05. The minimum absolute atomic E-state index is 0.0225. The molecule has 2 aliphatic rings. The van der Waals surface area contributed by atoms with E-state index in [-0.39, 0.29) is 29.0 Å². The van der Waals surface area contributed by atoms with Crippen molar-refractivity contribution in [3.8, 4) is 0 Å². The van der Waals surface area contributed by atoms with Gasteiger partial charge in [0.05, 0.1) is 11.7 Å². The zero-order chi connectivity index (χ0) is 26.9. The molecule has 0 saturated carbocycles. The molecule has 0 aliphatic carbocycles. The number of fused-ring (bicyclic) bond motifs is 1. The monoisotopic (exact) mass is 547 g/mol. The summed E-state index contributed by atoms with van der Waals surface area (Å²) in [4.78, 5) is 59.4. The van der Waals surface area contributed by atoms with Gasteiger partial charge in [-0.2, -0.15) is 9.36 Å². The van der Waals surface area contributed by atoms with Crippen molar-refractivity contribution in [2.45, 2.75) is 37.4 Å². The first-order chi connectivity index (χ1) is 17.5.